The monoisotopic (exact) mass is 210 g/mol. The molecule has 0 aliphatic rings. The molecule has 0 saturated carbocycles. The highest BCUT2D eigenvalue weighted by molar-refractivity contribution is 7.45. The number of rotatable bonds is 5. The molecule has 0 amide bonds. The van der Waals surface area contributed by atoms with Crippen LogP contribution in [0.25, 0.3) is 0 Å². The van der Waals surface area contributed by atoms with E-state index in [9.17, 15) is 0 Å². The molecule has 0 radical (unpaired) electrons. The van der Waals surface area contributed by atoms with Crippen LogP contribution < -0.4 is 0 Å². The molecule has 0 bridgehead atoms. The lowest BCUT2D eigenvalue weighted by Gasteiger charge is -2.04. The van der Waals surface area contributed by atoms with Gasteiger partial charge in [-0.15, -0.1) is 22.2 Å². The fourth-order valence-electron chi connectivity index (χ4n) is 0.730. The zero-order valence-corrected chi connectivity index (χ0v) is 9.75. The van der Waals surface area contributed by atoms with Crippen molar-refractivity contribution in [1.82, 2.24) is 0 Å². The van der Waals surface area contributed by atoms with Gasteiger partial charge in [0, 0.05) is 0 Å². The third-order valence-electron chi connectivity index (χ3n) is 1.37. The van der Waals surface area contributed by atoms with Gasteiger partial charge in [-0.25, -0.2) is 0 Å². The third-order valence-corrected chi connectivity index (χ3v) is 3.25. The summed E-state index contributed by atoms with van der Waals surface area (Å²) < 4.78 is 0. The van der Waals surface area contributed by atoms with Crippen molar-refractivity contribution >= 4 is 28.9 Å². The molecular formula is C8H16Cl2Si. The van der Waals surface area contributed by atoms with Crippen molar-refractivity contribution in [3.8, 4) is 0 Å². The fourth-order valence-corrected chi connectivity index (χ4v) is 1.85. The van der Waals surface area contributed by atoms with Crippen molar-refractivity contribution < 1.29 is 0 Å². The van der Waals surface area contributed by atoms with E-state index in [1.54, 1.807) is 0 Å². The Hall–Kier alpha value is 0.537. The minimum atomic E-state index is -1.86. The van der Waals surface area contributed by atoms with E-state index in [2.05, 4.69) is 19.1 Å². The Bertz CT molecular complexity index is 116. The number of allylic oxidation sites excluding steroid dienone is 2. The standard InChI is InChI=1S/C8H16Cl2Si/c1-3-4-5-6-7-8-11(2,9)10/h6-7H,3-5,8H2,1-2H3. The Labute approximate surface area is 80.0 Å². The minimum Gasteiger partial charge on any atom is -0.146 e. The van der Waals surface area contributed by atoms with Crippen LogP contribution >= 0.6 is 22.2 Å². The van der Waals surface area contributed by atoms with E-state index in [0.29, 0.717) is 0 Å². The highest BCUT2D eigenvalue weighted by atomic mass is 35.7. The van der Waals surface area contributed by atoms with Gasteiger partial charge in [0.15, 0.2) is 0 Å². The van der Waals surface area contributed by atoms with Crippen molar-refractivity contribution in [3.63, 3.8) is 0 Å². The summed E-state index contributed by atoms with van der Waals surface area (Å²) in [6.45, 7) is 2.28. The summed E-state index contributed by atoms with van der Waals surface area (Å²) in [5.41, 5.74) is 0. The summed E-state index contributed by atoms with van der Waals surface area (Å²) in [5, 5.41) is 0. The Morgan fingerprint density at radius 2 is 1.91 bits per heavy atom. The second kappa shape index (κ2) is 6.10. The molecule has 0 heterocycles. The molecule has 3 heteroatoms. The molecule has 0 fully saturated rings. The molecule has 0 saturated heterocycles. The van der Waals surface area contributed by atoms with Crippen LogP contribution in [0.1, 0.15) is 26.2 Å². The topological polar surface area (TPSA) is 0 Å². The lowest BCUT2D eigenvalue weighted by Crippen LogP contribution is -2.09. The average molecular weight is 211 g/mol. The van der Waals surface area contributed by atoms with Gasteiger partial charge in [0.05, 0.1) is 0 Å². The molecule has 0 unspecified atom stereocenters. The van der Waals surface area contributed by atoms with Gasteiger partial charge in [-0.3, -0.25) is 0 Å². The van der Waals surface area contributed by atoms with Gasteiger partial charge < -0.3 is 0 Å². The molecule has 0 aromatic heterocycles. The van der Waals surface area contributed by atoms with Crippen molar-refractivity contribution in [2.24, 2.45) is 0 Å². The van der Waals surface area contributed by atoms with E-state index < -0.39 is 6.69 Å². The molecule has 0 aromatic carbocycles. The molecule has 0 aromatic rings. The van der Waals surface area contributed by atoms with Gasteiger partial charge in [-0.05, 0) is 19.0 Å². The number of halogens is 2. The molecule has 66 valence electrons. The zero-order valence-electron chi connectivity index (χ0n) is 7.24. The van der Waals surface area contributed by atoms with E-state index >= 15 is 0 Å². The third kappa shape index (κ3) is 10.5. The fraction of sp³-hybridized carbons (Fsp3) is 0.750. The number of hydrogen-bond acceptors (Lipinski definition) is 0. The van der Waals surface area contributed by atoms with Crippen LogP contribution in [0.4, 0.5) is 0 Å². The maximum atomic E-state index is 5.90. The Morgan fingerprint density at radius 3 is 2.36 bits per heavy atom. The van der Waals surface area contributed by atoms with Gasteiger partial charge in [-0.1, -0.05) is 31.9 Å². The van der Waals surface area contributed by atoms with Crippen LogP contribution in [0.15, 0.2) is 12.2 Å². The summed E-state index contributed by atoms with van der Waals surface area (Å²) in [6.07, 6.45) is 7.97. The number of hydrogen-bond donors (Lipinski definition) is 0. The summed E-state index contributed by atoms with van der Waals surface area (Å²) in [7, 11) is 0. The van der Waals surface area contributed by atoms with Crippen LogP contribution in [0.5, 0.6) is 0 Å². The van der Waals surface area contributed by atoms with E-state index in [1.807, 2.05) is 6.55 Å². The van der Waals surface area contributed by atoms with E-state index in [0.717, 1.165) is 12.5 Å². The van der Waals surface area contributed by atoms with E-state index in [4.69, 9.17) is 22.2 Å². The molecule has 0 atom stereocenters. The zero-order chi connectivity index (χ0) is 8.74. The van der Waals surface area contributed by atoms with Crippen molar-refractivity contribution in [1.29, 1.82) is 0 Å². The molecule has 0 aliphatic carbocycles. The number of unbranched alkanes of at least 4 members (excludes halogenated alkanes) is 2. The molecule has 0 aliphatic heterocycles. The Morgan fingerprint density at radius 1 is 1.27 bits per heavy atom. The quantitative estimate of drug-likeness (QED) is 0.275. The van der Waals surface area contributed by atoms with Crippen LogP contribution in [-0.4, -0.2) is 6.69 Å². The van der Waals surface area contributed by atoms with Gasteiger partial charge >= 0.3 is 0 Å². The predicted molar refractivity (Wildman–Crippen MR) is 56.8 cm³/mol. The van der Waals surface area contributed by atoms with Gasteiger partial charge in [0.2, 0.25) is 0 Å². The van der Waals surface area contributed by atoms with Crippen LogP contribution in [0.3, 0.4) is 0 Å². The lowest BCUT2D eigenvalue weighted by molar-refractivity contribution is 0.814. The summed E-state index contributed by atoms with van der Waals surface area (Å²) in [6, 6.07) is 0.875. The Kier molecular flexibility index (Phi) is 6.40. The van der Waals surface area contributed by atoms with Gasteiger partial charge in [0.25, 0.3) is 6.69 Å². The maximum absolute atomic E-state index is 5.90. The molecule has 11 heavy (non-hydrogen) atoms. The summed E-state index contributed by atoms with van der Waals surface area (Å²) >= 11 is 11.8. The summed E-state index contributed by atoms with van der Waals surface area (Å²) in [5.74, 6) is 0. The molecule has 0 spiro atoms. The van der Waals surface area contributed by atoms with Crippen molar-refractivity contribution in [2.45, 2.75) is 38.8 Å². The first kappa shape index (κ1) is 11.5. The predicted octanol–water partition coefficient (Wildman–Crippen LogP) is 4.28. The average Bonchev–Trinajstić information content (AvgIpc) is 1.85. The minimum absolute atomic E-state index is 0.875. The van der Waals surface area contributed by atoms with Crippen LogP contribution in [0, 0.1) is 0 Å². The second-order valence-corrected chi connectivity index (χ2v) is 11.0. The molecule has 0 N–H and O–H groups in total. The second-order valence-electron chi connectivity index (χ2n) is 2.89. The molecule has 0 nitrogen and oxygen atoms in total. The van der Waals surface area contributed by atoms with Crippen LogP contribution in [0.2, 0.25) is 12.6 Å². The normalized spacial score (nSPS) is 12.7. The first-order valence-electron chi connectivity index (χ1n) is 4.09. The highest BCUT2D eigenvalue weighted by Gasteiger charge is 2.17. The maximum Gasteiger partial charge on any atom is 0.252 e. The first-order valence-corrected chi connectivity index (χ1v) is 8.82. The van der Waals surface area contributed by atoms with E-state index in [-0.39, 0.29) is 0 Å². The molecular weight excluding hydrogens is 195 g/mol. The highest BCUT2D eigenvalue weighted by Crippen LogP contribution is 2.19. The van der Waals surface area contributed by atoms with E-state index in [1.165, 1.54) is 12.8 Å². The molecule has 0 rings (SSSR count). The largest absolute Gasteiger partial charge is 0.252 e. The van der Waals surface area contributed by atoms with Gasteiger partial charge in [0.1, 0.15) is 0 Å². The smallest absolute Gasteiger partial charge is 0.146 e. The SMILES string of the molecule is CCCCC=CC[Si](C)(Cl)Cl. The van der Waals surface area contributed by atoms with Crippen LogP contribution in [-0.2, 0) is 0 Å². The van der Waals surface area contributed by atoms with Crippen molar-refractivity contribution in [3.05, 3.63) is 12.2 Å². The first-order chi connectivity index (χ1) is 5.06. The summed E-state index contributed by atoms with van der Waals surface area (Å²) in [4.78, 5) is 0. The lowest BCUT2D eigenvalue weighted by atomic mass is 10.2. The van der Waals surface area contributed by atoms with Gasteiger partial charge in [-0.2, -0.15) is 0 Å². The Balaban J connectivity index is 3.30. The van der Waals surface area contributed by atoms with Crippen molar-refractivity contribution in [2.75, 3.05) is 0 Å².